The highest BCUT2D eigenvalue weighted by atomic mass is 19.1. The van der Waals surface area contributed by atoms with E-state index in [1.165, 1.54) is 22.9 Å². The molecule has 1 N–H and O–H groups in total. The Kier molecular flexibility index (Phi) is 6.49. The molecule has 2 aromatic heterocycles. The van der Waals surface area contributed by atoms with Gasteiger partial charge < -0.3 is 14.6 Å². The molecule has 0 radical (unpaired) electrons. The third-order valence-corrected chi connectivity index (χ3v) is 5.37. The number of hydrogen-bond donors (Lipinski definition) is 1. The number of amides is 1. The van der Waals surface area contributed by atoms with Gasteiger partial charge in [-0.1, -0.05) is 12.1 Å². The van der Waals surface area contributed by atoms with Gasteiger partial charge in [-0.25, -0.2) is 9.37 Å². The van der Waals surface area contributed by atoms with Crippen molar-refractivity contribution in [1.29, 1.82) is 0 Å². The number of methoxy groups -OCH3 is 1. The monoisotopic (exact) mass is 459 g/mol. The maximum Gasteiger partial charge on any atom is 0.240 e. The zero-order chi connectivity index (χ0) is 24.2. The summed E-state index contributed by atoms with van der Waals surface area (Å²) in [6.07, 6.45) is 1.34. The average Bonchev–Trinajstić information content (AvgIpc) is 2.84. The van der Waals surface area contributed by atoms with Crippen LogP contribution in [0.2, 0.25) is 0 Å². The number of carbonyl (C=O) groups excluding carboxylic acids is 2. The summed E-state index contributed by atoms with van der Waals surface area (Å²) >= 11 is 0. The van der Waals surface area contributed by atoms with E-state index in [-0.39, 0.29) is 29.0 Å². The number of fused-ring (bicyclic) bond motifs is 1. The SMILES string of the molecule is COc1ccc(CNC(=O)Cn2cc(C(=O)c3ccc(F)cc3)c(=O)c3ccc(C)nc32)cc1. The van der Waals surface area contributed by atoms with Gasteiger partial charge in [-0.05, 0) is 61.0 Å². The Morgan fingerprint density at radius 2 is 1.74 bits per heavy atom. The van der Waals surface area contributed by atoms with Crippen LogP contribution in [0, 0.1) is 12.7 Å². The van der Waals surface area contributed by atoms with E-state index in [2.05, 4.69) is 10.3 Å². The van der Waals surface area contributed by atoms with Gasteiger partial charge in [0.2, 0.25) is 11.3 Å². The molecular formula is C26H22FN3O4. The fraction of sp³-hybridized carbons (Fsp3) is 0.154. The minimum Gasteiger partial charge on any atom is -0.497 e. The molecule has 172 valence electrons. The molecule has 0 saturated heterocycles. The Morgan fingerprint density at radius 3 is 2.41 bits per heavy atom. The first-order valence-corrected chi connectivity index (χ1v) is 10.6. The lowest BCUT2D eigenvalue weighted by atomic mass is 10.0. The van der Waals surface area contributed by atoms with Crippen LogP contribution in [0.15, 0.2) is 71.7 Å². The second-order valence-corrected chi connectivity index (χ2v) is 7.78. The molecule has 0 fully saturated rings. The van der Waals surface area contributed by atoms with Gasteiger partial charge in [0.05, 0.1) is 18.1 Å². The van der Waals surface area contributed by atoms with Crippen molar-refractivity contribution in [1.82, 2.24) is 14.9 Å². The van der Waals surface area contributed by atoms with Crippen molar-refractivity contribution in [3.63, 3.8) is 0 Å². The Bertz CT molecular complexity index is 1430. The number of halogens is 1. The molecule has 2 aromatic carbocycles. The molecule has 4 rings (SSSR count). The van der Waals surface area contributed by atoms with E-state index in [1.807, 2.05) is 12.1 Å². The maximum absolute atomic E-state index is 13.3. The van der Waals surface area contributed by atoms with E-state index in [1.54, 1.807) is 38.3 Å². The number of rotatable bonds is 7. The van der Waals surface area contributed by atoms with Crippen LogP contribution in [0.4, 0.5) is 4.39 Å². The fourth-order valence-corrected chi connectivity index (χ4v) is 3.55. The smallest absolute Gasteiger partial charge is 0.240 e. The first kappa shape index (κ1) is 22.8. The lowest BCUT2D eigenvalue weighted by molar-refractivity contribution is -0.121. The predicted molar refractivity (Wildman–Crippen MR) is 125 cm³/mol. The summed E-state index contributed by atoms with van der Waals surface area (Å²) in [4.78, 5) is 43.2. The minimum absolute atomic E-state index is 0.118. The highest BCUT2D eigenvalue weighted by molar-refractivity contribution is 6.10. The van der Waals surface area contributed by atoms with E-state index >= 15 is 0 Å². The summed E-state index contributed by atoms with van der Waals surface area (Å²) in [7, 11) is 1.58. The Hall–Kier alpha value is -4.33. The van der Waals surface area contributed by atoms with Crippen molar-refractivity contribution in [3.05, 3.63) is 105 Å². The molecule has 2 heterocycles. The van der Waals surface area contributed by atoms with Crippen molar-refractivity contribution in [2.75, 3.05) is 7.11 Å². The number of aryl methyl sites for hydroxylation is 1. The van der Waals surface area contributed by atoms with Gasteiger partial charge >= 0.3 is 0 Å². The molecule has 0 unspecified atom stereocenters. The summed E-state index contributed by atoms with van der Waals surface area (Å²) in [6, 6.07) is 15.5. The average molecular weight is 459 g/mol. The summed E-state index contributed by atoms with van der Waals surface area (Å²) in [5.41, 5.74) is 1.42. The van der Waals surface area contributed by atoms with Crippen LogP contribution >= 0.6 is 0 Å². The molecule has 0 aliphatic carbocycles. The van der Waals surface area contributed by atoms with Crippen molar-refractivity contribution in [3.8, 4) is 5.75 Å². The Morgan fingerprint density at radius 1 is 1.03 bits per heavy atom. The third-order valence-electron chi connectivity index (χ3n) is 5.37. The summed E-state index contributed by atoms with van der Waals surface area (Å²) in [6.45, 7) is 1.93. The van der Waals surface area contributed by atoms with Crippen molar-refractivity contribution < 1.29 is 18.7 Å². The topological polar surface area (TPSA) is 90.3 Å². The maximum atomic E-state index is 13.3. The molecule has 0 spiro atoms. The van der Waals surface area contributed by atoms with Gasteiger partial charge in [0, 0.05) is 24.0 Å². The van der Waals surface area contributed by atoms with Crippen molar-refractivity contribution in [2.45, 2.75) is 20.0 Å². The molecule has 0 atom stereocenters. The van der Waals surface area contributed by atoms with E-state index < -0.39 is 17.0 Å². The molecule has 0 aliphatic rings. The lowest BCUT2D eigenvalue weighted by Gasteiger charge is -2.13. The lowest BCUT2D eigenvalue weighted by Crippen LogP contribution is -2.29. The van der Waals surface area contributed by atoms with E-state index in [4.69, 9.17) is 4.74 Å². The number of ether oxygens (including phenoxy) is 1. The number of benzene rings is 2. The van der Waals surface area contributed by atoms with Gasteiger partial charge in [0.15, 0.2) is 5.78 Å². The largest absolute Gasteiger partial charge is 0.497 e. The summed E-state index contributed by atoms with van der Waals surface area (Å²) < 4.78 is 19.9. The fourth-order valence-electron chi connectivity index (χ4n) is 3.55. The molecular weight excluding hydrogens is 437 g/mol. The van der Waals surface area contributed by atoms with Crippen LogP contribution < -0.4 is 15.5 Å². The summed E-state index contributed by atoms with van der Waals surface area (Å²) in [5.74, 6) is -0.639. The van der Waals surface area contributed by atoms with Gasteiger partial charge in [-0.2, -0.15) is 0 Å². The first-order valence-electron chi connectivity index (χ1n) is 10.6. The second kappa shape index (κ2) is 9.66. The summed E-state index contributed by atoms with van der Waals surface area (Å²) in [5, 5.41) is 3.06. The van der Waals surface area contributed by atoms with Gasteiger partial charge in [-0.3, -0.25) is 14.4 Å². The molecule has 0 aliphatic heterocycles. The van der Waals surface area contributed by atoms with Crippen LogP contribution in [0.25, 0.3) is 11.0 Å². The van der Waals surface area contributed by atoms with Crippen molar-refractivity contribution in [2.24, 2.45) is 0 Å². The number of pyridine rings is 2. The predicted octanol–water partition coefficient (Wildman–Crippen LogP) is 3.40. The van der Waals surface area contributed by atoms with Gasteiger partial charge in [0.1, 0.15) is 23.8 Å². The number of carbonyl (C=O) groups is 2. The van der Waals surface area contributed by atoms with Crippen LogP contribution in [-0.2, 0) is 17.9 Å². The quantitative estimate of drug-likeness (QED) is 0.428. The molecule has 8 heteroatoms. The zero-order valence-electron chi connectivity index (χ0n) is 18.7. The zero-order valence-corrected chi connectivity index (χ0v) is 18.7. The molecule has 34 heavy (non-hydrogen) atoms. The first-order chi connectivity index (χ1) is 16.4. The number of aromatic nitrogens is 2. The van der Waals surface area contributed by atoms with Crippen LogP contribution in [0.5, 0.6) is 5.75 Å². The minimum atomic E-state index is -0.556. The molecule has 0 bridgehead atoms. The highest BCUT2D eigenvalue weighted by Gasteiger charge is 2.19. The Balaban J connectivity index is 1.65. The Labute approximate surface area is 194 Å². The highest BCUT2D eigenvalue weighted by Crippen LogP contribution is 2.15. The van der Waals surface area contributed by atoms with Gasteiger partial charge in [-0.15, -0.1) is 0 Å². The van der Waals surface area contributed by atoms with E-state index in [9.17, 15) is 18.8 Å². The molecule has 0 saturated carbocycles. The van der Waals surface area contributed by atoms with Crippen LogP contribution in [-0.4, -0.2) is 28.4 Å². The molecule has 1 amide bonds. The van der Waals surface area contributed by atoms with E-state index in [0.717, 1.165) is 23.4 Å². The molecule has 4 aromatic rings. The normalized spacial score (nSPS) is 10.8. The number of ketones is 1. The van der Waals surface area contributed by atoms with Crippen LogP contribution in [0.3, 0.4) is 0 Å². The van der Waals surface area contributed by atoms with E-state index in [0.29, 0.717) is 17.9 Å². The number of nitrogens with one attached hydrogen (secondary N) is 1. The standard InChI is InChI=1S/C26H22FN3O4/c1-16-3-12-21-25(33)22(24(32)18-6-8-19(27)9-7-18)14-30(26(21)29-16)15-23(31)28-13-17-4-10-20(34-2)11-5-17/h3-12,14H,13,15H2,1-2H3,(H,28,31). The van der Waals surface area contributed by atoms with Crippen molar-refractivity contribution >= 4 is 22.7 Å². The number of nitrogens with zero attached hydrogens (tertiary/aromatic N) is 2. The molecule has 7 nitrogen and oxygen atoms in total. The van der Waals surface area contributed by atoms with Gasteiger partial charge in [0.25, 0.3) is 0 Å². The second-order valence-electron chi connectivity index (χ2n) is 7.78. The number of hydrogen-bond acceptors (Lipinski definition) is 5. The van der Waals surface area contributed by atoms with Crippen LogP contribution in [0.1, 0.15) is 27.2 Å². The third kappa shape index (κ3) is 4.85.